The summed E-state index contributed by atoms with van der Waals surface area (Å²) in [5.74, 6) is 3.52. The maximum absolute atomic E-state index is 12.1. The fourth-order valence-corrected chi connectivity index (χ4v) is 4.31. The Balaban J connectivity index is 1.05. The highest BCUT2D eigenvalue weighted by Crippen LogP contribution is 2.47. The molecule has 30 heavy (non-hydrogen) atoms. The summed E-state index contributed by atoms with van der Waals surface area (Å²) < 4.78 is 5.89. The van der Waals surface area contributed by atoms with Gasteiger partial charge in [-0.15, -0.1) is 0 Å². The highest BCUT2D eigenvalue weighted by Gasteiger charge is 2.36. The van der Waals surface area contributed by atoms with Crippen molar-refractivity contribution in [3.05, 3.63) is 59.5 Å². The van der Waals surface area contributed by atoms with Crippen LogP contribution < -0.4 is 5.32 Å². The smallest absolute Gasteiger partial charge is 0.220 e. The zero-order valence-corrected chi connectivity index (χ0v) is 18.2. The standard InChI is InChI=1S/C25H35N3O2/c1-20-18-23(20)24-10-8-22(30-24)9-11-25(29)26-12-5-13-27-14-16-28(17-15-27)19-21-6-3-2-4-7-21/h2-4,6-8,10,20,23H,5,9,11-19H2,1H3,(H,26,29). The van der Waals surface area contributed by atoms with Crippen molar-refractivity contribution in [1.82, 2.24) is 15.1 Å². The molecule has 0 radical (unpaired) electrons. The molecule has 2 fully saturated rings. The number of hydrogen-bond donors (Lipinski definition) is 1. The monoisotopic (exact) mass is 409 g/mol. The number of furan rings is 1. The number of nitrogens with one attached hydrogen (secondary N) is 1. The summed E-state index contributed by atoms with van der Waals surface area (Å²) in [5.41, 5.74) is 1.39. The Morgan fingerprint density at radius 2 is 1.80 bits per heavy atom. The number of carbonyl (C=O) groups excluding carboxylic acids is 1. The third-order valence-electron chi connectivity index (χ3n) is 6.44. The van der Waals surface area contributed by atoms with Gasteiger partial charge in [0.15, 0.2) is 0 Å². The van der Waals surface area contributed by atoms with E-state index in [4.69, 9.17) is 4.42 Å². The predicted octanol–water partition coefficient (Wildman–Crippen LogP) is 3.66. The molecular weight excluding hydrogens is 374 g/mol. The van der Waals surface area contributed by atoms with Gasteiger partial charge < -0.3 is 14.6 Å². The van der Waals surface area contributed by atoms with Crippen molar-refractivity contribution in [2.75, 3.05) is 39.3 Å². The molecule has 1 amide bonds. The maximum Gasteiger partial charge on any atom is 0.220 e. The van der Waals surface area contributed by atoms with E-state index in [1.165, 1.54) is 12.0 Å². The molecule has 1 aliphatic heterocycles. The molecule has 1 aromatic heterocycles. The zero-order valence-electron chi connectivity index (χ0n) is 18.2. The number of aryl methyl sites for hydroxylation is 1. The minimum Gasteiger partial charge on any atom is -0.466 e. The first-order chi connectivity index (χ1) is 14.7. The van der Waals surface area contributed by atoms with E-state index in [0.717, 1.165) is 69.7 Å². The molecule has 1 aromatic carbocycles. The number of hydrogen-bond acceptors (Lipinski definition) is 4. The Bertz CT molecular complexity index is 796. The number of carbonyl (C=O) groups is 1. The van der Waals surface area contributed by atoms with E-state index in [1.54, 1.807) is 0 Å². The molecule has 2 aliphatic rings. The molecular formula is C25H35N3O2. The third-order valence-corrected chi connectivity index (χ3v) is 6.44. The summed E-state index contributed by atoms with van der Waals surface area (Å²) in [7, 11) is 0. The first-order valence-electron chi connectivity index (χ1n) is 11.5. The van der Waals surface area contributed by atoms with Crippen molar-refractivity contribution >= 4 is 5.91 Å². The van der Waals surface area contributed by atoms with Crippen molar-refractivity contribution in [2.24, 2.45) is 5.92 Å². The van der Waals surface area contributed by atoms with Gasteiger partial charge in [0, 0.05) is 58.0 Å². The van der Waals surface area contributed by atoms with E-state index < -0.39 is 0 Å². The van der Waals surface area contributed by atoms with E-state index in [1.807, 2.05) is 6.07 Å². The molecule has 1 N–H and O–H groups in total. The van der Waals surface area contributed by atoms with Crippen molar-refractivity contribution in [1.29, 1.82) is 0 Å². The molecule has 162 valence electrons. The summed E-state index contributed by atoms with van der Waals surface area (Å²) in [6, 6.07) is 14.8. The number of amides is 1. The van der Waals surface area contributed by atoms with E-state index in [0.29, 0.717) is 18.8 Å². The maximum atomic E-state index is 12.1. The van der Waals surface area contributed by atoms with Gasteiger partial charge in [0.05, 0.1) is 0 Å². The molecule has 1 saturated heterocycles. The molecule has 1 saturated carbocycles. The summed E-state index contributed by atoms with van der Waals surface area (Å²) in [5, 5.41) is 3.07. The van der Waals surface area contributed by atoms with Crippen LogP contribution >= 0.6 is 0 Å². The van der Waals surface area contributed by atoms with Crippen molar-refractivity contribution in [3.8, 4) is 0 Å². The second-order valence-corrected chi connectivity index (χ2v) is 8.93. The van der Waals surface area contributed by atoms with E-state index in [2.05, 4.69) is 58.4 Å². The van der Waals surface area contributed by atoms with E-state index in [9.17, 15) is 4.79 Å². The van der Waals surface area contributed by atoms with Crippen molar-refractivity contribution in [2.45, 2.75) is 45.1 Å². The average molecular weight is 410 g/mol. The Morgan fingerprint density at radius 1 is 1.07 bits per heavy atom. The first kappa shape index (κ1) is 21.1. The summed E-state index contributed by atoms with van der Waals surface area (Å²) in [6.45, 7) is 9.57. The van der Waals surface area contributed by atoms with Gasteiger partial charge in [-0.05, 0) is 43.0 Å². The predicted molar refractivity (Wildman–Crippen MR) is 119 cm³/mol. The van der Waals surface area contributed by atoms with Crippen molar-refractivity contribution < 1.29 is 9.21 Å². The molecule has 2 heterocycles. The molecule has 2 unspecified atom stereocenters. The second-order valence-electron chi connectivity index (χ2n) is 8.93. The van der Waals surface area contributed by atoms with Crippen LogP contribution in [0.15, 0.2) is 46.9 Å². The van der Waals surface area contributed by atoms with Crippen molar-refractivity contribution in [3.63, 3.8) is 0 Å². The Labute approximate surface area is 180 Å². The van der Waals surface area contributed by atoms with Crippen LogP contribution in [-0.4, -0.2) is 55.0 Å². The molecule has 2 atom stereocenters. The third kappa shape index (κ3) is 6.19. The molecule has 5 heteroatoms. The van der Waals surface area contributed by atoms with Gasteiger partial charge in [-0.1, -0.05) is 37.3 Å². The van der Waals surface area contributed by atoms with Gasteiger partial charge in [0.1, 0.15) is 11.5 Å². The molecule has 0 spiro atoms. The van der Waals surface area contributed by atoms with Gasteiger partial charge >= 0.3 is 0 Å². The van der Waals surface area contributed by atoms with Crippen LogP contribution in [0, 0.1) is 5.92 Å². The quantitative estimate of drug-likeness (QED) is 0.609. The van der Waals surface area contributed by atoms with E-state index in [-0.39, 0.29) is 5.91 Å². The van der Waals surface area contributed by atoms with Gasteiger partial charge in [-0.2, -0.15) is 0 Å². The summed E-state index contributed by atoms with van der Waals surface area (Å²) in [6.07, 6.45) is 3.44. The van der Waals surface area contributed by atoms with Crippen LogP contribution in [0.3, 0.4) is 0 Å². The Morgan fingerprint density at radius 3 is 2.53 bits per heavy atom. The first-order valence-corrected chi connectivity index (χ1v) is 11.5. The fraction of sp³-hybridized carbons (Fsp3) is 0.560. The highest BCUT2D eigenvalue weighted by atomic mass is 16.3. The highest BCUT2D eigenvalue weighted by molar-refractivity contribution is 5.76. The summed E-state index contributed by atoms with van der Waals surface area (Å²) >= 11 is 0. The van der Waals surface area contributed by atoms with Gasteiger partial charge in [-0.3, -0.25) is 9.69 Å². The molecule has 4 rings (SSSR count). The molecule has 2 aromatic rings. The minimum absolute atomic E-state index is 0.125. The SMILES string of the molecule is CC1CC1c1ccc(CCC(=O)NCCCN2CCN(Cc3ccccc3)CC2)o1. The average Bonchev–Trinajstić information content (AvgIpc) is 3.31. The Hall–Kier alpha value is -2.11. The van der Waals surface area contributed by atoms with E-state index >= 15 is 0 Å². The normalized spacial score (nSPS) is 22.2. The lowest BCUT2D eigenvalue weighted by atomic mass is 10.2. The topological polar surface area (TPSA) is 48.7 Å². The second kappa shape index (κ2) is 10.3. The van der Waals surface area contributed by atoms with Crippen LogP contribution in [0.25, 0.3) is 0 Å². The van der Waals surface area contributed by atoms with Gasteiger partial charge in [-0.25, -0.2) is 0 Å². The van der Waals surface area contributed by atoms with Crippen LogP contribution in [0.2, 0.25) is 0 Å². The molecule has 1 aliphatic carbocycles. The Kier molecular flexibility index (Phi) is 7.24. The lowest BCUT2D eigenvalue weighted by molar-refractivity contribution is -0.121. The summed E-state index contributed by atoms with van der Waals surface area (Å²) in [4.78, 5) is 17.2. The van der Waals surface area contributed by atoms with Crippen LogP contribution in [0.1, 0.15) is 49.2 Å². The number of nitrogens with zero attached hydrogens (tertiary/aromatic N) is 2. The molecule has 0 bridgehead atoms. The van der Waals surface area contributed by atoms with Gasteiger partial charge in [0.2, 0.25) is 5.91 Å². The number of rotatable bonds is 10. The largest absolute Gasteiger partial charge is 0.466 e. The lowest BCUT2D eigenvalue weighted by Crippen LogP contribution is -2.46. The minimum atomic E-state index is 0.125. The van der Waals surface area contributed by atoms with Crippen LogP contribution in [0.5, 0.6) is 0 Å². The van der Waals surface area contributed by atoms with Crippen LogP contribution in [0.4, 0.5) is 0 Å². The molecule has 5 nitrogen and oxygen atoms in total. The van der Waals surface area contributed by atoms with Gasteiger partial charge in [0.25, 0.3) is 0 Å². The number of piperazine rings is 1. The lowest BCUT2D eigenvalue weighted by Gasteiger charge is -2.34. The van der Waals surface area contributed by atoms with Crippen LogP contribution in [-0.2, 0) is 17.8 Å². The zero-order chi connectivity index (χ0) is 20.8. The number of benzene rings is 1. The fourth-order valence-electron chi connectivity index (χ4n) is 4.31.